The molecule has 0 aliphatic heterocycles. The maximum atomic E-state index is 10.3. The highest BCUT2D eigenvalue weighted by atomic mass is 16.4. The molecule has 0 atom stereocenters. The first kappa shape index (κ1) is 21.2. The van der Waals surface area contributed by atoms with Crippen LogP contribution >= 0.6 is 0 Å². The fourth-order valence-corrected chi connectivity index (χ4v) is 2.56. The third kappa shape index (κ3) is 19.2. The van der Waals surface area contributed by atoms with E-state index in [1.807, 2.05) is 0 Å². The molecule has 22 heavy (non-hydrogen) atoms. The molecule has 0 saturated heterocycles. The smallest absolute Gasteiger partial charge is 0.303 e. The van der Waals surface area contributed by atoms with Gasteiger partial charge in [-0.05, 0) is 38.5 Å². The average molecular weight is 312 g/mol. The summed E-state index contributed by atoms with van der Waals surface area (Å²) in [7, 11) is 0. The quantitative estimate of drug-likeness (QED) is 0.276. The second kappa shape index (κ2) is 18.2. The van der Waals surface area contributed by atoms with Gasteiger partial charge >= 0.3 is 5.97 Å². The molecule has 0 fully saturated rings. The number of aliphatic hydroxyl groups is 1. The molecule has 0 radical (unpaired) electrons. The lowest BCUT2D eigenvalue weighted by Gasteiger charge is -2.01. The summed E-state index contributed by atoms with van der Waals surface area (Å²) in [6, 6.07) is 0. The molecule has 0 spiro atoms. The van der Waals surface area contributed by atoms with Crippen molar-refractivity contribution < 1.29 is 15.0 Å². The van der Waals surface area contributed by atoms with Crippen molar-refractivity contribution in [3.05, 3.63) is 12.2 Å². The predicted octanol–water partition coefficient (Wildman–Crippen LogP) is 5.47. The first-order valence-electron chi connectivity index (χ1n) is 9.25. The van der Waals surface area contributed by atoms with Gasteiger partial charge in [-0.15, -0.1) is 0 Å². The minimum Gasteiger partial charge on any atom is -0.481 e. The Bertz CT molecular complexity index is 261. The van der Waals surface area contributed by atoms with Gasteiger partial charge in [-0.25, -0.2) is 0 Å². The number of carboxylic acids is 1. The van der Waals surface area contributed by atoms with Gasteiger partial charge in [-0.2, -0.15) is 0 Å². The fourth-order valence-electron chi connectivity index (χ4n) is 2.56. The van der Waals surface area contributed by atoms with Crippen LogP contribution in [-0.4, -0.2) is 22.8 Å². The van der Waals surface area contributed by atoms with Crippen LogP contribution in [0.2, 0.25) is 0 Å². The van der Waals surface area contributed by atoms with Crippen LogP contribution in [0.25, 0.3) is 0 Å². The van der Waals surface area contributed by atoms with Gasteiger partial charge in [0.15, 0.2) is 0 Å². The topological polar surface area (TPSA) is 57.5 Å². The average Bonchev–Trinajstić information content (AvgIpc) is 2.50. The van der Waals surface area contributed by atoms with E-state index in [4.69, 9.17) is 10.2 Å². The highest BCUT2D eigenvalue weighted by Crippen LogP contribution is 2.11. The van der Waals surface area contributed by atoms with Gasteiger partial charge in [0.2, 0.25) is 0 Å². The van der Waals surface area contributed by atoms with Gasteiger partial charge in [0.05, 0.1) is 0 Å². The Morgan fingerprint density at radius 2 is 1.05 bits per heavy atom. The lowest BCUT2D eigenvalue weighted by molar-refractivity contribution is -0.137. The van der Waals surface area contributed by atoms with Crippen molar-refractivity contribution in [1.29, 1.82) is 0 Å². The maximum absolute atomic E-state index is 10.3. The van der Waals surface area contributed by atoms with Crippen LogP contribution in [0.4, 0.5) is 0 Å². The molecule has 3 heteroatoms. The number of aliphatic carboxylic acids is 1. The van der Waals surface area contributed by atoms with E-state index in [1.165, 1.54) is 57.8 Å². The Labute approximate surface area is 136 Å². The molecular weight excluding hydrogens is 276 g/mol. The minimum absolute atomic E-state index is 0.311. The molecule has 0 rings (SSSR count). The van der Waals surface area contributed by atoms with Crippen LogP contribution < -0.4 is 0 Å². The summed E-state index contributed by atoms with van der Waals surface area (Å²) in [4.78, 5) is 10.3. The number of hydrogen-bond donors (Lipinski definition) is 2. The van der Waals surface area contributed by atoms with E-state index in [2.05, 4.69) is 12.2 Å². The summed E-state index contributed by atoms with van der Waals surface area (Å²) in [5, 5.41) is 17.2. The molecule has 0 aromatic heterocycles. The van der Waals surface area contributed by atoms with E-state index < -0.39 is 5.97 Å². The van der Waals surface area contributed by atoms with Crippen molar-refractivity contribution >= 4 is 5.97 Å². The molecule has 3 nitrogen and oxygen atoms in total. The largest absolute Gasteiger partial charge is 0.481 e. The zero-order valence-corrected chi connectivity index (χ0v) is 14.3. The normalized spacial score (nSPS) is 11.3. The summed E-state index contributed by atoms with van der Waals surface area (Å²) in [5.41, 5.74) is 0. The van der Waals surface area contributed by atoms with Crippen molar-refractivity contribution in [2.45, 2.75) is 96.3 Å². The molecule has 0 aromatic rings. The Morgan fingerprint density at radius 3 is 1.50 bits per heavy atom. The van der Waals surface area contributed by atoms with Gasteiger partial charge in [-0.1, -0.05) is 63.5 Å². The molecule has 0 unspecified atom stereocenters. The van der Waals surface area contributed by atoms with Gasteiger partial charge in [0, 0.05) is 13.0 Å². The lowest BCUT2D eigenvalue weighted by atomic mass is 10.1. The number of allylic oxidation sites excluding steroid dienone is 2. The zero-order valence-electron chi connectivity index (χ0n) is 14.3. The molecule has 0 bridgehead atoms. The summed E-state index contributed by atoms with van der Waals surface area (Å²) in [5.74, 6) is -0.680. The number of unbranched alkanes of at least 4 members (excludes halogenated alkanes) is 12. The van der Waals surface area contributed by atoms with Crippen LogP contribution in [-0.2, 0) is 4.79 Å². The van der Waals surface area contributed by atoms with Crippen LogP contribution in [0.1, 0.15) is 96.3 Å². The second-order valence-electron chi connectivity index (χ2n) is 6.16. The first-order chi connectivity index (χ1) is 10.8. The summed E-state index contributed by atoms with van der Waals surface area (Å²) < 4.78 is 0. The van der Waals surface area contributed by atoms with Crippen LogP contribution in [0.5, 0.6) is 0 Å². The Hall–Kier alpha value is -0.830. The van der Waals surface area contributed by atoms with E-state index in [1.54, 1.807) is 0 Å². The monoisotopic (exact) mass is 312 g/mol. The predicted molar refractivity (Wildman–Crippen MR) is 93.1 cm³/mol. The van der Waals surface area contributed by atoms with Gasteiger partial charge < -0.3 is 10.2 Å². The second-order valence-corrected chi connectivity index (χ2v) is 6.16. The molecule has 130 valence electrons. The van der Waals surface area contributed by atoms with Crippen LogP contribution in [0.3, 0.4) is 0 Å². The van der Waals surface area contributed by atoms with E-state index in [9.17, 15) is 4.79 Å². The van der Waals surface area contributed by atoms with Crippen molar-refractivity contribution in [2.75, 3.05) is 6.61 Å². The summed E-state index contributed by atoms with van der Waals surface area (Å²) in [6.45, 7) is 0.343. The molecule has 0 amide bonds. The maximum Gasteiger partial charge on any atom is 0.303 e. The summed E-state index contributed by atoms with van der Waals surface area (Å²) >= 11 is 0. The molecule has 0 aromatic carbocycles. The van der Waals surface area contributed by atoms with Crippen molar-refractivity contribution in [3.63, 3.8) is 0 Å². The molecule has 2 N–H and O–H groups in total. The Morgan fingerprint density at radius 1 is 0.636 bits per heavy atom. The molecular formula is C19H36O3. The van der Waals surface area contributed by atoms with Crippen LogP contribution in [0, 0.1) is 0 Å². The van der Waals surface area contributed by atoms with Gasteiger partial charge in [0.25, 0.3) is 0 Å². The number of aliphatic hydroxyl groups excluding tert-OH is 1. The number of carbonyl (C=O) groups is 1. The van der Waals surface area contributed by atoms with Crippen molar-refractivity contribution in [3.8, 4) is 0 Å². The molecule has 0 aliphatic carbocycles. The standard InChI is InChI=1S/C19H36O3/c20-18-16-14-12-10-8-6-4-2-1-3-5-7-9-11-13-15-17-19(21)22/h5,7,20H,1-4,6,8-18H2,(H,21,22). The third-order valence-corrected chi connectivity index (χ3v) is 3.96. The first-order valence-corrected chi connectivity index (χ1v) is 9.25. The fraction of sp³-hybridized carbons (Fsp3) is 0.842. The molecule has 0 aliphatic rings. The molecule has 0 saturated carbocycles. The molecule has 0 heterocycles. The number of rotatable bonds is 17. The van der Waals surface area contributed by atoms with E-state index in [0.29, 0.717) is 13.0 Å². The van der Waals surface area contributed by atoms with Gasteiger partial charge in [-0.3, -0.25) is 4.79 Å². The van der Waals surface area contributed by atoms with E-state index in [-0.39, 0.29) is 0 Å². The van der Waals surface area contributed by atoms with Gasteiger partial charge in [0.1, 0.15) is 0 Å². The lowest BCUT2D eigenvalue weighted by Crippen LogP contribution is -1.93. The van der Waals surface area contributed by atoms with E-state index >= 15 is 0 Å². The third-order valence-electron chi connectivity index (χ3n) is 3.96. The highest BCUT2D eigenvalue weighted by Gasteiger charge is 1.95. The summed E-state index contributed by atoms with van der Waals surface area (Å²) in [6.07, 6.45) is 21.5. The Kier molecular flexibility index (Phi) is 17.5. The Balaban J connectivity index is 3.06. The SMILES string of the molecule is O=C(O)CCCCCC=CCCCCCCCCCCCO. The van der Waals surface area contributed by atoms with Crippen molar-refractivity contribution in [1.82, 2.24) is 0 Å². The highest BCUT2D eigenvalue weighted by molar-refractivity contribution is 5.66. The minimum atomic E-state index is -0.680. The number of hydrogen-bond acceptors (Lipinski definition) is 2. The zero-order chi connectivity index (χ0) is 16.3. The van der Waals surface area contributed by atoms with E-state index in [0.717, 1.165) is 32.1 Å². The van der Waals surface area contributed by atoms with Crippen LogP contribution in [0.15, 0.2) is 12.2 Å². The van der Waals surface area contributed by atoms with Crippen molar-refractivity contribution in [2.24, 2.45) is 0 Å². The number of carboxylic acid groups (broad SMARTS) is 1.